The second kappa shape index (κ2) is 7.37. The van der Waals surface area contributed by atoms with E-state index in [1.165, 1.54) is 0 Å². The van der Waals surface area contributed by atoms with Crippen molar-refractivity contribution in [2.45, 2.75) is 19.8 Å². The van der Waals surface area contributed by atoms with Gasteiger partial charge in [0.2, 0.25) is 0 Å². The van der Waals surface area contributed by atoms with Crippen LogP contribution < -0.4 is 0 Å². The van der Waals surface area contributed by atoms with Crippen molar-refractivity contribution in [3.63, 3.8) is 0 Å². The van der Waals surface area contributed by atoms with E-state index in [0.29, 0.717) is 18.0 Å². The van der Waals surface area contributed by atoms with Crippen molar-refractivity contribution in [2.24, 2.45) is 0 Å². The van der Waals surface area contributed by atoms with Crippen LogP contribution in [0.2, 0.25) is 0 Å². The van der Waals surface area contributed by atoms with E-state index < -0.39 is 0 Å². The molecule has 0 amide bonds. The number of allylic oxidation sites excluding steroid dienone is 1. The van der Waals surface area contributed by atoms with Crippen molar-refractivity contribution >= 4 is 12.2 Å². The zero-order chi connectivity index (χ0) is 16.9. The Morgan fingerprint density at radius 2 is 2.04 bits per heavy atom. The van der Waals surface area contributed by atoms with E-state index >= 15 is 0 Å². The van der Waals surface area contributed by atoms with Crippen LogP contribution in [0.4, 0.5) is 0 Å². The highest BCUT2D eigenvalue weighted by Gasteiger charge is 2.07. The van der Waals surface area contributed by atoms with E-state index in [4.69, 9.17) is 12.2 Å². The minimum atomic E-state index is 0.624. The fraction of sp³-hybridized carbons (Fsp3) is 0.235. The first-order valence-electron chi connectivity index (χ1n) is 7.68. The summed E-state index contributed by atoms with van der Waals surface area (Å²) in [4.78, 5) is 2.15. The average molecular weight is 340 g/mol. The Bertz CT molecular complexity index is 861. The normalized spacial score (nSPS) is 11.1. The number of nitrogens with zero attached hydrogens (tertiary/aromatic N) is 6. The molecular formula is C17H20N6S. The molecule has 2 heterocycles. The molecule has 0 aliphatic carbocycles. The van der Waals surface area contributed by atoms with Gasteiger partial charge >= 0.3 is 0 Å². The first kappa shape index (κ1) is 16.4. The SMILES string of the molecule is C=CCn1cnn(CN(C)Cc2cnn(-c3ccccc3)c2)c1=S. The minimum Gasteiger partial charge on any atom is -0.303 e. The van der Waals surface area contributed by atoms with Gasteiger partial charge in [-0.1, -0.05) is 24.3 Å². The number of para-hydroxylation sites is 1. The van der Waals surface area contributed by atoms with Crippen LogP contribution >= 0.6 is 12.2 Å². The Balaban J connectivity index is 1.65. The highest BCUT2D eigenvalue weighted by atomic mass is 32.1. The number of hydrogen-bond donors (Lipinski definition) is 0. The van der Waals surface area contributed by atoms with Crippen molar-refractivity contribution in [3.05, 3.63) is 72.0 Å². The molecule has 0 bridgehead atoms. The molecule has 0 aliphatic rings. The molecule has 2 aromatic heterocycles. The number of aromatic nitrogens is 5. The first-order chi connectivity index (χ1) is 11.7. The van der Waals surface area contributed by atoms with Crippen LogP contribution in [0.15, 0.2) is 61.7 Å². The molecule has 1 aromatic carbocycles. The van der Waals surface area contributed by atoms with E-state index in [1.807, 2.05) is 65.1 Å². The zero-order valence-corrected chi connectivity index (χ0v) is 14.4. The Hall–Kier alpha value is -2.51. The molecule has 0 fully saturated rings. The summed E-state index contributed by atoms with van der Waals surface area (Å²) in [6, 6.07) is 10.1. The Labute approximate surface area is 146 Å². The molecule has 3 rings (SSSR count). The molecular weight excluding hydrogens is 320 g/mol. The fourth-order valence-corrected chi connectivity index (χ4v) is 2.71. The number of rotatable bonds is 7. The lowest BCUT2D eigenvalue weighted by molar-refractivity contribution is 0.244. The molecule has 7 heteroatoms. The molecule has 6 nitrogen and oxygen atoms in total. The lowest BCUT2D eigenvalue weighted by Crippen LogP contribution is -2.22. The van der Waals surface area contributed by atoms with Crippen molar-refractivity contribution < 1.29 is 0 Å². The van der Waals surface area contributed by atoms with E-state index in [-0.39, 0.29) is 0 Å². The van der Waals surface area contributed by atoms with Gasteiger partial charge in [0.1, 0.15) is 6.33 Å². The van der Waals surface area contributed by atoms with Crippen LogP contribution in [0.3, 0.4) is 0 Å². The monoisotopic (exact) mass is 340 g/mol. The summed E-state index contributed by atoms with van der Waals surface area (Å²) in [5, 5.41) is 8.76. The Morgan fingerprint density at radius 3 is 2.79 bits per heavy atom. The second-order valence-corrected chi connectivity index (χ2v) is 6.00. The van der Waals surface area contributed by atoms with Crippen LogP contribution in [-0.4, -0.2) is 36.1 Å². The second-order valence-electron chi connectivity index (χ2n) is 5.64. The third kappa shape index (κ3) is 3.69. The van der Waals surface area contributed by atoms with Gasteiger partial charge in [-0.3, -0.25) is 4.90 Å². The van der Waals surface area contributed by atoms with Gasteiger partial charge in [-0.15, -0.1) is 6.58 Å². The van der Waals surface area contributed by atoms with Crippen LogP contribution in [0.1, 0.15) is 5.56 Å². The Morgan fingerprint density at radius 1 is 1.25 bits per heavy atom. The molecule has 0 atom stereocenters. The summed E-state index contributed by atoms with van der Waals surface area (Å²) in [6.45, 7) is 5.79. The van der Waals surface area contributed by atoms with Crippen LogP contribution in [0.5, 0.6) is 0 Å². The van der Waals surface area contributed by atoms with E-state index in [0.717, 1.165) is 17.8 Å². The third-order valence-corrected chi connectivity index (χ3v) is 4.05. The zero-order valence-electron chi connectivity index (χ0n) is 13.6. The number of hydrogen-bond acceptors (Lipinski definition) is 4. The molecule has 0 radical (unpaired) electrons. The highest BCUT2D eigenvalue weighted by Crippen LogP contribution is 2.09. The van der Waals surface area contributed by atoms with E-state index in [2.05, 4.69) is 21.7 Å². The lowest BCUT2D eigenvalue weighted by Gasteiger charge is -2.15. The smallest absolute Gasteiger partial charge is 0.199 e. The highest BCUT2D eigenvalue weighted by molar-refractivity contribution is 7.71. The molecule has 3 aromatic rings. The average Bonchev–Trinajstić information content (AvgIpc) is 3.18. The van der Waals surface area contributed by atoms with Gasteiger partial charge in [-0.25, -0.2) is 9.36 Å². The van der Waals surface area contributed by atoms with Gasteiger partial charge in [-0.05, 0) is 31.4 Å². The fourth-order valence-electron chi connectivity index (χ4n) is 2.49. The molecule has 0 saturated carbocycles. The quantitative estimate of drug-likeness (QED) is 0.490. The van der Waals surface area contributed by atoms with Crippen molar-refractivity contribution in [1.82, 2.24) is 29.0 Å². The summed E-state index contributed by atoms with van der Waals surface area (Å²) >= 11 is 5.41. The van der Waals surface area contributed by atoms with Gasteiger partial charge in [0.05, 0.1) is 18.6 Å². The lowest BCUT2D eigenvalue weighted by atomic mass is 10.3. The van der Waals surface area contributed by atoms with E-state index in [9.17, 15) is 0 Å². The largest absolute Gasteiger partial charge is 0.303 e. The van der Waals surface area contributed by atoms with Gasteiger partial charge in [-0.2, -0.15) is 10.2 Å². The number of benzene rings is 1. The van der Waals surface area contributed by atoms with Crippen molar-refractivity contribution in [1.29, 1.82) is 0 Å². The topological polar surface area (TPSA) is 43.8 Å². The van der Waals surface area contributed by atoms with Gasteiger partial charge in [0, 0.05) is 24.8 Å². The van der Waals surface area contributed by atoms with Crippen LogP contribution in [0.25, 0.3) is 5.69 Å². The molecule has 0 saturated heterocycles. The standard InChI is InChI=1S/C17H20N6S/c1-3-9-21-13-19-23(17(21)24)14-20(2)11-15-10-18-22(12-15)16-7-5-4-6-8-16/h3-8,10,12-13H,1,9,11,14H2,2H3. The van der Waals surface area contributed by atoms with Gasteiger partial charge in [0.25, 0.3) is 0 Å². The predicted molar refractivity (Wildman–Crippen MR) is 96.3 cm³/mol. The Kier molecular flexibility index (Phi) is 5.02. The summed E-state index contributed by atoms with van der Waals surface area (Å²) in [7, 11) is 2.04. The van der Waals surface area contributed by atoms with Crippen molar-refractivity contribution in [3.8, 4) is 5.69 Å². The molecule has 0 spiro atoms. The molecule has 0 N–H and O–H groups in total. The van der Waals surface area contributed by atoms with Crippen LogP contribution in [-0.2, 0) is 19.8 Å². The van der Waals surface area contributed by atoms with E-state index in [1.54, 1.807) is 11.0 Å². The minimum absolute atomic E-state index is 0.624. The van der Waals surface area contributed by atoms with Gasteiger partial charge < -0.3 is 4.57 Å². The van der Waals surface area contributed by atoms with Gasteiger partial charge in [0.15, 0.2) is 4.77 Å². The van der Waals surface area contributed by atoms with Crippen molar-refractivity contribution in [2.75, 3.05) is 7.05 Å². The first-order valence-corrected chi connectivity index (χ1v) is 8.09. The maximum absolute atomic E-state index is 5.41. The molecule has 0 aliphatic heterocycles. The summed E-state index contributed by atoms with van der Waals surface area (Å²) < 4.78 is 6.28. The maximum atomic E-state index is 5.41. The molecule has 0 unspecified atom stereocenters. The molecule has 124 valence electrons. The van der Waals surface area contributed by atoms with Crippen LogP contribution in [0, 0.1) is 4.77 Å². The predicted octanol–water partition coefficient (Wildman–Crippen LogP) is 2.88. The summed E-state index contributed by atoms with van der Waals surface area (Å²) in [5.74, 6) is 0. The molecule has 24 heavy (non-hydrogen) atoms. The summed E-state index contributed by atoms with van der Waals surface area (Å²) in [6.07, 6.45) is 7.48. The summed E-state index contributed by atoms with van der Waals surface area (Å²) in [5.41, 5.74) is 2.19. The maximum Gasteiger partial charge on any atom is 0.199 e. The third-order valence-electron chi connectivity index (χ3n) is 3.61.